The van der Waals surface area contributed by atoms with Crippen molar-refractivity contribution in [2.75, 3.05) is 7.05 Å². The molecule has 1 unspecified atom stereocenters. The number of hydrogen-bond donors (Lipinski definition) is 2. The van der Waals surface area contributed by atoms with E-state index >= 15 is 0 Å². The Kier molecular flexibility index (Phi) is 4.58. The van der Waals surface area contributed by atoms with Crippen molar-refractivity contribution in [3.8, 4) is 0 Å². The van der Waals surface area contributed by atoms with Crippen molar-refractivity contribution in [3.05, 3.63) is 0 Å². The van der Waals surface area contributed by atoms with Crippen molar-refractivity contribution >= 4 is 12.0 Å². The van der Waals surface area contributed by atoms with Crippen LogP contribution in [0.25, 0.3) is 0 Å². The van der Waals surface area contributed by atoms with E-state index in [0.717, 1.165) is 6.42 Å². The molecule has 5 nitrogen and oxygen atoms in total. The number of carboxylic acids is 1. The summed E-state index contributed by atoms with van der Waals surface area (Å²) >= 11 is 0. The van der Waals surface area contributed by atoms with Crippen LogP contribution in [0.2, 0.25) is 0 Å². The summed E-state index contributed by atoms with van der Waals surface area (Å²) in [4.78, 5) is 23.5. The molecule has 0 saturated carbocycles. The largest absolute Gasteiger partial charge is 0.480 e. The number of aliphatic carboxylic acids is 1. The molecule has 0 radical (unpaired) electrons. The van der Waals surface area contributed by atoms with E-state index in [-0.39, 0.29) is 11.6 Å². The predicted octanol–water partition coefficient (Wildman–Crippen LogP) is 1.29. The molecule has 0 bridgehead atoms. The molecule has 0 fully saturated rings. The van der Waals surface area contributed by atoms with Gasteiger partial charge in [-0.05, 0) is 27.2 Å². The third-order valence-corrected chi connectivity index (χ3v) is 2.59. The van der Waals surface area contributed by atoms with Crippen LogP contribution in [0.5, 0.6) is 0 Å². The number of nitrogens with zero attached hydrogens (tertiary/aromatic N) is 1. The lowest BCUT2D eigenvalue weighted by atomic mass is 10.0. The number of likely N-dealkylation sites (N-methyl/N-ethyl adjacent to an activating group) is 1. The number of carbonyl (C=O) groups excluding carboxylic acids is 1. The van der Waals surface area contributed by atoms with E-state index in [1.807, 2.05) is 20.8 Å². The third kappa shape index (κ3) is 4.18. The van der Waals surface area contributed by atoms with E-state index in [2.05, 4.69) is 5.32 Å². The van der Waals surface area contributed by atoms with E-state index in [9.17, 15) is 9.59 Å². The topological polar surface area (TPSA) is 69.6 Å². The van der Waals surface area contributed by atoms with E-state index < -0.39 is 12.0 Å². The van der Waals surface area contributed by atoms with Crippen LogP contribution in [0.3, 0.4) is 0 Å². The summed E-state index contributed by atoms with van der Waals surface area (Å²) in [6, 6.07) is -1.19. The van der Waals surface area contributed by atoms with Gasteiger partial charge in [0.25, 0.3) is 0 Å². The van der Waals surface area contributed by atoms with Gasteiger partial charge in [0.1, 0.15) is 6.04 Å². The van der Waals surface area contributed by atoms with Crippen LogP contribution in [0.4, 0.5) is 4.79 Å². The molecule has 1 atom stereocenters. The summed E-state index contributed by atoms with van der Waals surface area (Å²) in [6.45, 7) is 7.22. The highest BCUT2D eigenvalue weighted by Gasteiger charge is 2.25. The van der Waals surface area contributed by atoms with Gasteiger partial charge in [0, 0.05) is 12.6 Å². The molecule has 88 valence electrons. The van der Waals surface area contributed by atoms with Crippen molar-refractivity contribution in [1.82, 2.24) is 10.2 Å². The van der Waals surface area contributed by atoms with Gasteiger partial charge in [0.2, 0.25) is 0 Å². The van der Waals surface area contributed by atoms with E-state index in [4.69, 9.17) is 5.11 Å². The van der Waals surface area contributed by atoms with E-state index in [0.29, 0.717) is 0 Å². The molecule has 0 saturated heterocycles. The number of carboxylic acid groups (broad SMARTS) is 1. The zero-order valence-electron chi connectivity index (χ0n) is 10.00. The summed E-state index contributed by atoms with van der Waals surface area (Å²) in [5.74, 6) is -1.01. The molecule has 5 heteroatoms. The number of rotatable bonds is 4. The van der Waals surface area contributed by atoms with Gasteiger partial charge in [-0.1, -0.05) is 6.92 Å². The molecule has 0 aromatic rings. The molecule has 0 aromatic carbocycles. The van der Waals surface area contributed by atoms with Crippen molar-refractivity contribution in [2.24, 2.45) is 0 Å². The SMILES string of the molecule is CCC(C)(C)NC(=O)N(C)C(C)C(=O)O. The van der Waals surface area contributed by atoms with Crippen LogP contribution in [0.15, 0.2) is 0 Å². The minimum absolute atomic E-state index is 0.316. The Bertz CT molecular complexity index is 251. The zero-order valence-corrected chi connectivity index (χ0v) is 10.00. The van der Waals surface area contributed by atoms with E-state index in [1.165, 1.54) is 18.9 Å². The minimum Gasteiger partial charge on any atom is -0.480 e. The summed E-state index contributed by atoms with van der Waals surface area (Å²) in [5, 5.41) is 11.5. The normalized spacial score (nSPS) is 13.1. The fourth-order valence-electron chi connectivity index (χ4n) is 0.808. The molecule has 0 spiro atoms. The lowest BCUT2D eigenvalue weighted by Gasteiger charge is -2.29. The molecule has 2 N–H and O–H groups in total. The maximum absolute atomic E-state index is 11.6. The average Bonchev–Trinajstić information content (AvgIpc) is 2.14. The predicted molar refractivity (Wildman–Crippen MR) is 57.8 cm³/mol. The Morgan fingerprint density at radius 2 is 1.93 bits per heavy atom. The van der Waals surface area contributed by atoms with Gasteiger partial charge in [-0.25, -0.2) is 9.59 Å². The van der Waals surface area contributed by atoms with Crippen LogP contribution in [0.1, 0.15) is 34.1 Å². The van der Waals surface area contributed by atoms with Gasteiger partial charge >= 0.3 is 12.0 Å². The Morgan fingerprint density at radius 3 is 2.27 bits per heavy atom. The van der Waals surface area contributed by atoms with Crippen LogP contribution in [-0.4, -0.2) is 40.6 Å². The monoisotopic (exact) mass is 216 g/mol. The number of urea groups is 1. The van der Waals surface area contributed by atoms with E-state index in [1.54, 1.807) is 0 Å². The molecule has 0 aliphatic carbocycles. The average molecular weight is 216 g/mol. The Balaban J connectivity index is 4.40. The number of amides is 2. The van der Waals surface area contributed by atoms with Gasteiger partial charge in [-0.2, -0.15) is 0 Å². The van der Waals surface area contributed by atoms with Crippen LogP contribution >= 0.6 is 0 Å². The smallest absolute Gasteiger partial charge is 0.326 e. The first-order valence-electron chi connectivity index (χ1n) is 4.99. The van der Waals surface area contributed by atoms with Gasteiger partial charge in [0.15, 0.2) is 0 Å². The van der Waals surface area contributed by atoms with Crippen molar-refractivity contribution in [3.63, 3.8) is 0 Å². The summed E-state index contributed by atoms with van der Waals surface area (Å²) < 4.78 is 0. The molecular weight excluding hydrogens is 196 g/mol. The maximum Gasteiger partial charge on any atom is 0.326 e. The van der Waals surface area contributed by atoms with Crippen LogP contribution in [-0.2, 0) is 4.79 Å². The van der Waals surface area contributed by atoms with Crippen molar-refractivity contribution < 1.29 is 14.7 Å². The van der Waals surface area contributed by atoms with Gasteiger partial charge in [-0.15, -0.1) is 0 Å². The number of nitrogens with one attached hydrogen (secondary N) is 1. The minimum atomic E-state index is -1.01. The third-order valence-electron chi connectivity index (χ3n) is 2.59. The first kappa shape index (κ1) is 13.7. The molecule has 2 amide bonds. The quantitative estimate of drug-likeness (QED) is 0.744. The first-order chi connectivity index (χ1) is 6.71. The highest BCUT2D eigenvalue weighted by molar-refractivity contribution is 5.82. The fraction of sp³-hybridized carbons (Fsp3) is 0.800. The highest BCUT2D eigenvalue weighted by atomic mass is 16.4. The highest BCUT2D eigenvalue weighted by Crippen LogP contribution is 2.08. The van der Waals surface area contributed by atoms with Gasteiger partial charge in [-0.3, -0.25) is 0 Å². The Labute approximate surface area is 90.5 Å². The van der Waals surface area contributed by atoms with Gasteiger partial charge < -0.3 is 15.3 Å². The lowest BCUT2D eigenvalue weighted by Crippen LogP contribution is -2.52. The molecule has 0 aliphatic rings. The summed E-state index contributed by atoms with van der Waals surface area (Å²) in [5.41, 5.74) is -0.316. The second-order valence-electron chi connectivity index (χ2n) is 4.29. The summed E-state index contributed by atoms with van der Waals surface area (Å²) in [7, 11) is 1.47. The Morgan fingerprint density at radius 1 is 1.47 bits per heavy atom. The molecule has 0 aliphatic heterocycles. The molecule has 15 heavy (non-hydrogen) atoms. The van der Waals surface area contributed by atoms with Crippen LogP contribution < -0.4 is 5.32 Å². The number of hydrogen-bond acceptors (Lipinski definition) is 2. The maximum atomic E-state index is 11.6. The molecule has 0 heterocycles. The first-order valence-corrected chi connectivity index (χ1v) is 4.99. The number of carbonyl (C=O) groups is 2. The zero-order chi connectivity index (χ0) is 12.2. The standard InChI is InChI=1S/C10H20N2O3/c1-6-10(3,4)11-9(15)12(5)7(2)8(13)14/h7H,6H2,1-5H3,(H,11,15)(H,13,14). The second kappa shape index (κ2) is 5.00. The Hall–Kier alpha value is -1.26. The lowest BCUT2D eigenvalue weighted by molar-refractivity contribution is -0.141. The summed E-state index contributed by atoms with van der Waals surface area (Å²) in [6.07, 6.45) is 0.786. The molecule has 0 aromatic heterocycles. The fourth-order valence-corrected chi connectivity index (χ4v) is 0.808. The van der Waals surface area contributed by atoms with Crippen LogP contribution in [0, 0.1) is 0 Å². The van der Waals surface area contributed by atoms with Gasteiger partial charge in [0.05, 0.1) is 0 Å². The molecule has 0 rings (SSSR count). The molecular formula is C10H20N2O3. The van der Waals surface area contributed by atoms with Crippen molar-refractivity contribution in [2.45, 2.75) is 45.7 Å². The van der Waals surface area contributed by atoms with Crippen molar-refractivity contribution in [1.29, 1.82) is 0 Å². The second-order valence-corrected chi connectivity index (χ2v) is 4.29.